The average Bonchev–Trinajstić information content (AvgIpc) is 2.72. The second-order valence-corrected chi connectivity index (χ2v) is 8.85. The number of hydrogen-bond donors (Lipinski definition) is 3. The van der Waals surface area contributed by atoms with Crippen molar-refractivity contribution in [2.24, 2.45) is 0 Å². The van der Waals surface area contributed by atoms with Crippen LogP contribution in [0.25, 0.3) is 5.57 Å². The molecule has 3 amide bonds. The molecule has 2 heterocycles. The van der Waals surface area contributed by atoms with Crippen molar-refractivity contribution in [3.63, 3.8) is 0 Å². The molecule has 2 aromatic rings. The Bertz CT molecular complexity index is 1170. The summed E-state index contributed by atoms with van der Waals surface area (Å²) in [4.78, 5) is 26.4. The van der Waals surface area contributed by atoms with Crippen LogP contribution in [0.3, 0.4) is 0 Å². The normalized spacial score (nSPS) is 18.0. The molecule has 0 atom stereocenters. The maximum Gasteiger partial charge on any atom is 0.416 e. The third-order valence-corrected chi connectivity index (χ3v) is 5.60. The zero-order chi connectivity index (χ0) is 24.7. The maximum absolute atomic E-state index is 13.1. The van der Waals surface area contributed by atoms with Gasteiger partial charge in [0.05, 0.1) is 12.2 Å². The van der Waals surface area contributed by atoms with E-state index >= 15 is 0 Å². The van der Waals surface area contributed by atoms with E-state index in [1.807, 2.05) is 0 Å². The van der Waals surface area contributed by atoms with Crippen molar-refractivity contribution < 1.29 is 32.6 Å². The molecule has 10 heteroatoms. The summed E-state index contributed by atoms with van der Waals surface area (Å²) in [5.41, 5.74) is 1.23. The fourth-order valence-corrected chi connectivity index (χ4v) is 4.08. The van der Waals surface area contributed by atoms with Gasteiger partial charge in [0.25, 0.3) is 0 Å². The number of amides is 3. The van der Waals surface area contributed by atoms with E-state index < -0.39 is 23.2 Å². The Kier molecular flexibility index (Phi) is 6.03. The van der Waals surface area contributed by atoms with Gasteiger partial charge in [-0.1, -0.05) is 12.1 Å². The minimum atomic E-state index is -4.50. The Labute approximate surface area is 194 Å². The number of halogens is 3. The van der Waals surface area contributed by atoms with Crippen molar-refractivity contribution >= 4 is 28.9 Å². The van der Waals surface area contributed by atoms with Crippen molar-refractivity contribution in [3.05, 3.63) is 59.2 Å². The second-order valence-electron chi connectivity index (χ2n) is 8.85. The predicted molar refractivity (Wildman–Crippen MR) is 120 cm³/mol. The highest BCUT2D eigenvalue weighted by atomic mass is 19.4. The van der Waals surface area contributed by atoms with Crippen LogP contribution in [0.5, 0.6) is 5.75 Å². The number of benzene rings is 2. The van der Waals surface area contributed by atoms with Crippen LogP contribution in [0.15, 0.2) is 42.5 Å². The van der Waals surface area contributed by atoms with Gasteiger partial charge in [0.1, 0.15) is 11.4 Å². The number of alkyl halides is 3. The molecule has 2 aliphatic rings. The highest BCUT2D eigenvalue weighted by Crippen LogP contribution is 2.43. The largest absolute Gasteiger partial charge is 0.487 e. The molecule has 0 saturated carbocycles. The summed E-state index contributed by atoms with van der Waals surface area (Å²) in [6, 6.07) is 8.00. The summed E-state index contributed by atoms with van der Waals surface area (Å²) >= 11 is 0. The Hall–Kier alpha value is -3.53. The Balaban J connectivity index is 1.56. The molecule has 7 nitrogen and oxygen atoms in total. The van der Waals surface area contributed by atoms with Crippen molar-refractivity contribution in [1.29, 1.82) is 0 Å². The highest BCUT2D eigenvalue weighted by Gasteiger charge is 2.35. The molecule has 2 aromatic carbocycles. The summed E-state index contributed by atoms with van der Waals surface area (Å²) in [5.74, 6) is -0.378. The van der Waals surface area contributed by atoms with Gasteiger partial charge in [-0.25, -0.2) is 4.79 Å². The van der Waals surface area contributed by atoms with Crippen LogP contribution >= 0.6 is 0 Å². The molecule has 0 saturated heterocycles. The van der Waals surface area contributed by atoms with E-state index in [1.54, 1.807) is 32.0 Å². The van der Waals surface area contributed by atoms with Gasteiger partial charge in [0.2, 0.25) is 5.91 Å². The van der Waals surface area contributed by atoms with Gasteiger partial charge in [0.15, 0.2) is 0 Å². The van der Waals surface area contributed by atoms with Crippen LogP contribution in [-0.4, -0.2) is 40.7 Å². The quantitative estimate of drug-likeness (QED) is 0.563. The number of nitrogens with one attached hydrogen (secondary N) is 2. The van der Waals surface area contributed by atoms with Crippen LogP contribution in [-0.2, 0) is 17.5 Å². The number of nitrogens with zero attached hydrogens (tertiary/aromatic N) is 1. The third-order valence-electron chi connectivity index (χ3n) is 5.60. The van der Waals surface area contributed by atoms with Gasteiger partial charge in [0, 0.05) is 42.5 Å². The number of aliphatic hydroxyl groups excluding tert-OH is 1. The van der Waals surface area contributed by atoms with Crippen LogP contribution < -0.4 is 15.4 Å². The number of carbonyl (C=O) groups is 2. The van der Waals surface area contributed by atoms with Gasteiger partial charge < -0.3 is 25.4 Å². The standard InChI is InChI=1S/C24H24F3N3O4/c1-23(2)12-15(18-6-4-16(24(25,26)27)10-20(18)34-23)9-21(32)28-17-5-3-14-13-30(7-8-31)22(33)29-19(14)11-17/h3-6,9-11,31H,7-8,12-13H2,1-2H3,(H,28,32)(H,29,33). The molecular weight excluding hydrogens is 451 g/mol. The minimum Gasteiger partial charge on any atom is -0.487 e. The number of fused-ring (bicyclic) bond motifs is 2. The first-order chi connectivity index (χ1) is 15.9. The second kappa shape index (κ2) is 8.68. The molecule has 3 N–H and O–H groups in total. The molecule has 0 aliphatic carbocycles. The zero-order valence-corrected chi connectivity index (χ0v) is 18.6. The number of carbonyl (C=O) groups excluding carboxylic acids is 2. The van der Waals surface area contributed by atoms with Gasteiger partial charge in [-0.3, -0.25) is 4.79 Å². The Morgan fingerprint density at radius 2 is 2.03 bits per heavy atom. The number of urea groups is 1. The van der Waals surface area contributed by atoms with Crippen molar-refractivity contribution in [2.75, 3.05) is 23.8 Å². The van der Waals surface area contributed by atoms with E-state index in [2.05, 4.69) is 10.6 Å². The smallest absolute Gasteiger partial charge is 0.416 e. The average molecular weight is 475 g/mol. The Morgan fingerprint density at radius 3 is 2.74 bits per heavy atom. The summed E-state index contributed by atoms with van der Waals surface area (Å²) in [5, 5.41) is 14.5. The van der Waals surface area contributed by atoms with E-state index in [-0.39, 0.29) is 24.9 Å². The highest BCUT2D eigenvalue weighted by molar-refractivity contribution is 6.05. The number of aliphatic hydroxyl groups is 1. The molecule has 2 aliphatic heterocycles. The monoisotopic (exact) mass is 475 g/mol. The fraction of sp³-hybridized carbons (Fsp3) is 0.333. The van der Waals surface area contributed by atoms with E-state index in [0.717, 1.165) is 17.7 Å². The first kappa shape index (κ1) is 23.6. The summed E-state index contributed by atoms with van der Waals surface area (Å²) < 4.78 is 45.1. The minimum absolute atomic E-state index is 0.0778. The van der Waals surface area contributed by atoms with Crippen LogP contribution in [0.4, 0.5) is 29.3 Å². The lowest BCUT2D eigenvalue weighted by Gasteiger charge is -2.34. The van der Waals surface area contributed by atoms with E-state index in [0.29, 0.717) is 35.5 Å². The molecule has 0 fully saturated rings. The van der Waals surface area contributed by atoms with E-state index in [4.69, 9.17) is 9.84 Å². The lowest BCUT2D eigenvalue weighted by molar-refractivity contribution is -0.137. The number of rotatable bonds is 4. The fourth-order valence-electron chi connectivity index (χ4n) is 4.08. The first-order valence-electron chi connectivity index (χ1n) is 10.7. The molecule has 0 spiro atoms. The van der Waals surface area contributed by atoms with Gasteiger partial charge in [-0.05, 0) is 49.2 Å². The zero-order valence-electron chi connectivity index (χ0n) is 18.6. The molecule has 0 aromatic heterocycles. The van der Waals surface area contributed by atoms with Gasteiger partial charge in [-0.2, -0.15) is 13.2 Å². The molecular formula is C24H24F3N3O4. The third kappa shape index (κ3) is 5.01. The predicted octanol–water partition coefficient (Wildman–Crippen LogP) is 4.63. The van der Waals surface area contributed by atoms with E-state index in [1.165, 1.54) is 17.0 Å². The molecule has 34 heavy (non-hydrogen) atoms. The maximum atomic E-state index is 13.1. The number of anilines is 2. The number of hydrogen-bond acceptors (Lipinski definition) is 4. The van der Waals surface area contributed by atoms with Crippen LogP contribution in [0.2, 0.25) is 0 Å². The first-order valence-corrected chi connectivity index (χ1v) is 10.7. The van der Waals surface area contributed by atoms with Crippen LogP contribution in [0, 0.1) is 0 Å². The van der Waals surface area contributed by atoms with Gasteiger partial charge in [-0.15, -0.1) is 0 Å². The molecule has 0 unspecified atom stereocenters. The van der Waals surface area contributed by atoms with Crippen molar-refractivity contribution in [2.45, 2.75) is 38.6 Å². The topological polar surface area (TPSA) is 90.9 Å². The lowest BCUT2D eigenvalue weighted by atomic mass is 9.88. The molecule has 180 valence electrons. The molecule has 4 rings (SSSR count). The van der Waals surface area contributed by atoms with Crippen LogP contribution in [0.1, 0.15) is 37.0 Å². The Morgan fingerprint density at radius 1 is 1.26 bits per heavy atom. The SMILES string of the molecule is CC1(C)CC(=CC(=O)Nc2ccc3c(c2)NC(=O)N(CCO)C3)c2ccc(C(F)(F)F)cc2O1. The summed E-state index contributed by atoms with van der Waals surface area (Å²) in [6.45, 7) is 3.89. The van der Waals surface area contributed by atoms with Gasteiger partial charge >= 0.3 is 12.2 Å². The molecule has 0 bridgehead atoms. The van der Waals surface area contributed by atoms with E-state index in [9.17, 15) is 22.8 Å². The van der Waals surface area contributed by atoms with Crippen molar-refractivity contribution in [3.8, 4) is 5.75 Å². The lowest BCUT2D eigenvalue weighted by Crippen LogP contribution is -2.40. The summed E-state index contributed by atoms with van der Waals surface area (Å²) in [7, 11) is 0. The number of ether oxygens (including phenoxy) is 1. The number of β-amino-alcohol motifs (C(OH)–C–C–N with tert-alkyl or cyclic N) is 1. The van der Waals surface area contributed by atoms with Crippen molar-refractivity contribution in [1.82, 2.24) is 4.90 Å². The molecule has 0 radical (unpaired) electrons. The summed E-state index contributed by atoms with van der Waals surface area (Å²) in [6.07, 6.45) is -2.81.